The molecule has 0 saturated heterocycles. The Bertz CT molecular complexity index is 635. The number of ether oxygens (including phenoxy) is 1. The van der Waals surface area contributed by atoms with Crippen LogP contribution in [0.2, 0.25) is 0 Å². The molecule has 4 nitrogen and oxygen atoms in total. The highest BCUT2D eigenvalue weighted by Crippen LogP contribution is 2.25. The predicted molar refractivity (Wildman–Crippen MR) is 68.0 cm³/mol. The average Bonchev–Trinajstić information content (AvgIpc) is 2.41. The Balaban J connectivity index is 2.26. The Kier molecular flexibility index (Phi) is 3.74. The molecule has 1 atom stereocenters. The fourth-order valence-electron chi connectivity index (χ4n) is 1.53. The van der Waals surface area contributed by atoms with Crippen molar-refractivity contribution in [2.24, 2.45) is 5.73 Å². The molecule has 2 aromatic rings. The molecule has 0 aliphatic rings. The second kappa shape index (κ2) is 5.46. The summed E-state index contributed by atoms with van der Waals surface area (Å²) in [5.41, 5.74) is 6.83. The third-order valence-electron chi connectivity index (χ3n) is 2.56. The van der Waals surface area contributed by atoms with Crippen LogP contribution in [0.1, 0.15) is 24.1 Å². The minimum atomic E-state index is -0.605. The Hall–Kier alpha value is -2.45. The minimum absolute atomic E-state index is 0.0216. The number of halogens is 1. The van der Waals surface area contributed by atoms with E-state index in [2.05, 4.69) is 4.98 Å². The maximum atomic E-state index is 13.7. The van der Waals surface area contributed by atoms with Gasteiger partial charge in [0.2, 0.25) is 5.88 Å². The van der Waals surface area contributed by atoms with Gasteiger partial charge in [-0.1, -0.05) is 0 Å². The fourth-order valence-corrected chi connectivity index (χ4v) is 1.53. The number of nitriles is 1. The van der Waals surface area contributed by atoms with Gasteiger partial charge in [0, 0.05) is 18.3 Å². The fraction of sp³-hybridized carbons (Fsp3) is 0.143. The van der Waals surface area contributed by atoms with E-state index in [0.717, 1.165) is 11.6 Å². The quantitative estimate of drug-likeness (QED) is 0.917. The van der Waals surface area contributed by atoms with Gasteiger partial charge in [0.25, 0.3) is 0 Å². The number of rotatable bonds is 3. The van der Waals surface area contributed by atoms with Crippen molar-refractivity contribution >= 4 is 0 Å². The van der Waals surface area contributed by atoms with Crippen LogP contribution < -0.4 is 10.5 Å². The summed E-state index contributed by atoms with van der Waals surface area (Å²) in [5.74, 6) is -0.321. The molecule has 5 heteroatoms. The standard InChI is InChI=1S/C14H12FN3O/c1-9(17)11-4-5-18-14(7-11)19-13-3-2-10(8-16)6-12(13)15/h2-7,9H,17H2,1H3/t9-/m1/s1. The van der Waals surface area contributed by atoms with E-state index in [9.17, 15) is 4.39 Å². The van der Waals surface area contributed by atoms with Crippen molar-refractivity contribution in [1.82, 2.24) is 4.98 Å². The van der Waals surface area contributed by atoms with Gasteiger partial charge in [-0.05, 0) is 36.8 Å². The van der Waals surface area contributed by atoms with Crippen LogP contribution in [-0.2, 0) is 0 Å². The molecule has 0 aliphatic carbocycles. The number of hydrogen-bond donors (Lipinski definition) is 1. The van der Waals surface area contributed by atoms with E-state index in [0.29, 0.717) is 0 Å². The Morgan fingerprint density at radius 1 is 1.37 bits per heavy atom. The third-order valence-corrected chi connectivity index (χ3v) is 2.56. The lowest BCUT2D eigenvalue weighted by atomic mass is 10.1. The summed E-state index contributed by atoms with van der Waals surface area (Å²) >= 11 is 0. The van der Waals surface area contributed by atoms with Crippen molar-refractivity contribution in [1.29, 1.82) is 5.26 Å². The maximum Gasteiger partial charge on any atom is 0.219 e. The normalized spacial score (nSPS) is 11.7. The molecule has 0 unspecified atom stereocenters. The summed E-state index contributed by atoms with van der Waals surface area (Å²) in [7, 11) is 0. The van der Waals surface area contributed by atoms with E-state index >= 15 is 0 Å². The van der Waals surface area contributed by atoms with Crippen molar-refractivity contribution in [3.8, 4) is 17.7 Å². The van der Waals surface area contributed by atoms with Gasteiger partial charge < -0.3 is 10.5 Å². The monoisotopic (exact) mass is 257 g/mol. The van der Waals surface area contributed by atoms with Crippen LogP contribution in [0.3, 0.4) is 0 Å². The van der Waals surface area contributed by atoms with Crippen LogP contribution in [0.4, 0.5) is 4.39 Å². The zero-order valence-corrected chi connectivity index (χ0v) is 10.3. The molecule has 96 valence electrons. The van der Waals surface area contributed by atoms with Crippen LogP contribution >= 0.6 is 0 Å². The molecule has 1 aromatic carbocycles. The number of nitrogens with zero attached hydrogens (tertiary/aromatic N) is 2. The molecule has 0 bridgehead atoms. The van der Waals surface area contributed by atoms with Crippen molar-refractivity contribution in [2.45, 2.75) is 13.0 Å². The molecular weight excluding hydrogens is 245 g/mol. The summed E-state index contributed by atoms with van der Waals surface area (Å²) in [6.07, 6.45) is 1.55. The Morgan fingerprint density at radius 2 is 2.16 bits per heavy atom. The van der Waals surface area contributed by atoms with Gasteiger partial charge in [-0.3, -0.25) is 0 Å². The first kappa shape index (κ1) is 13.0. The molecule has 1 aromatic heterocycles. The van der Waals surface area contributed by atoms with Gasteiger partial charge in [0.1, 0.15) is 0 Å². The molecule has 1 heterocycles. The smallest absolute Gasteiger partial charge is 0.219 e. The molecule has 0 amide bonds. The van der Waals surface area contributed by atoms with E-state index in [-0.39, 0.29) is 23.2 Å². The zero-order chi connectivity index (χ0) is 13.8. The van der Waals surface area contributed by atoms with Gasteiger partial charge in [-0.15, -0.1) is 0 Å². The average molecular weight is 257 g/mol. The van der Waals surface area contributed by atoms with E-state index < -0.39 is 5.82 Å². The SMILES string of the molecule is C[C@@H](N)c1ccnc(Oc2ccc(C#N)cc2F)c1. The number of hydrogen-bond acceptors (Lipinski definition) is 4. The van der Waals surface area contributed by atoms with Gasteiger partial charge >= 0.3 is 0 Å². The molecular formula is C14H12FN3O. The Labute approximate surface area is 110 Å². The summed E-state index contributed by atoms with van der Waals surface area (Å²) in [6.45, 7) is 1.83. The molecule has 2 rings (SSSR count). The molecule has 0 spiro atoms. The lowest BCUT2D eigenvalue weighted by Crippen LogP contribution is -2.05. The number of benzene rings is 1. The number of nitrogens with two attached hydrogens (primary N) is 1. The summed E-state index contributed by atoms with van der Waals surface area (Å²) < 4.78 is 19.0. The summed E-state index contributed by atoms with van der Waals surface area (Å²) in [6, 6.07) is 9.12. The second-order valence-electron chi connectivity index (χ2n) is 4.08. The van der Waals surface area contributed by atoms with Crippen molar-refractivity contribution in [3.63, 3.8) is 0 Å². The highest BCUT2D eigenvalue weighted by atomic mass is 19.1. The van der Waals surface area contributed by atoms with Crippen LogP contribution in [0.5, 0.6) is 11.6 Å². The van der Waals surface area contributed by atoms with Crippen LogP contribution in [0, 0.1) is 17.1 Å². The number of aromatic nitrogens is 1. The largest absolute Gasteiger partial charge is 0.436 e. The van der Waals surface area contributed by atoms with E-state index in [1.807, 2.05) is 13.0 Å². The molecule has 19 heavy (non-hydrogen) atoms. The highest BCUT2D eigenvalue weighted by Gasteiger charge is 2.08. The van der Waals surface area contributed by atoms with E-state index in [4.69, 9.17) is 15.7 Å². The molecule has 0 radical (unpaired) electrons. The van der Waals surface area contributed by atoms with Crippen molar-refractivity contribution in [3.05, 3.63) is 53.5 Å². The van der Waals surface area contributed by atoms with Crippen LogP contribution in [0.25, 0.3) is 0 Å². The summed E-state index contributed by atoms with van der Waals surface area (Å²) in [4.78, 5) is 3.99. The first-order chi connectivity index (χ1) is 9.10. The summed E-state index contributed by atoms with van der Waals surface area (Å²) in [5, 5.41) is 8.66. The second-order valence-corrected chi connectivity index (χ2v) is 4.08. The lowest BCUT2D eigenvalue weighted by Gasteiger charge is -2.09. The topological polar surface area (TPSA) is 71.9 Å². The van der Waals surface area contributed by atoms with Crippen LogP contribution in [0.15, 0.2) is 36.5 Å². The highest BCUT2D eigenvalue weighted by molar-refractivity contribution is 5.38. The molecule has 0 fully saturated rings. The van der Waals surface area contributed by atoms with Gasteiger partial charge in [0.05, 0.1) is 11.6 Å². The van der Waals surface area contributed by atoms with Gasteiger partial charge in [-0.2, -0.15) is 5.26 Å². The minimum Gasteiger partial charge on any atom is -0.436 e. The van der Waals surface area contributed by atoms with E-state index in [1.54, 1.807) is 18.3 Å². The van der Waals surface area contributed by atoms with E-state index in [1.165, 1.54) is 12.1 Å². The van der Waals surface area contributed by atoms with Gasteiger partial charge in [-0.25, -0.2) is 9.37 Å². The first-order valence-corrected chi connectivity index (χ1v) is 5.69. The van der Waals surface area contributed by atoms with Crippen molar-refractivity contribution < 1.29 is 9.13 Å². The molecule has 0 aliphatic heterocycles. The maximum absolute atomic E-state index is 13.7. The lowest BCUT2D eigenvalue weighted by molar-refractivity contribution is 0.426. The molecule has 2 N–H and O–H groups in total. The predicted octanol–water partition coefficient (Wildman–Crippen LogP) is 2.90. The number of pyridine rings is 1. The first-order valence-electron chi connectivity index (χ1n) is 5.69. The molecule has 0 saturated carbocycles. The third kappa shape index (κ3) is 3.06. The van der Waals surface area contributed by atoms with Gasteiger partial charge in [0.15, 0.2) is 11.6 Å². The van der Waals surface area contributed by atoms with Crippen LogP contribution in [-0.4, -0.2) is 4.98 Å². The van der Waals surface area contributed by atoms with Crippen molar-refractivity contribution in [2.75, 3.05) is 0 Å². The zero-order valence-electron chi connectivity index (χ0n) is 10.3. The Morgan fingerprint density at radius 3 is 2.79 bits per heavy atom.